The molecule has 0 unspecified atom stereocenters. The van der Waals surface area contributed by atoms with Gasteiger partial charge in [0.2, 0.25) is 0 Å². The number of piperidine rings is 1. The van der Waals surface area contributed by atoms with Gasteiger partial charge >= 0.3 is 0 Å². The summed E-state index contributed by atoms with van der Waals surface area (Å²) in [5.74, 6) is 0. The maximum Gasteiger partial charge on any atom is 0.0443 e. The third kappa shape index (κ3) is 4.55. The zero-order chi connectivity index (χ0) is 16.1. The van der Waals surface area contributed by atoms with E-state index in [0.29, 0.717) is 12.6 Å². The molecule has 0 spiro atoms. The molecule has 1 heterocycles. The van der Waals surface area contributed by atoms with Gasteiger partial charge in [0.15, 0.2) is 0 Å². The summed E-state index contributed by atoms with van der Waals surface area (Å²) in [5.41, 5.74) is 5.74. The van der Waals surface area contributed by atoms with Crippen LogP contribution in [-0.4, -0.2) is 54.2 Å². The molecule has 22 heavy (non-hydrogen) atoms. The molecule has 1 aromatic carbocycles. The Bertz CT molecular complexity index is 455. The Labute approximate surface area is 135 Å². The number of hydrogen-bond acceptors (Lipinski definition) is 3. The van der Waals surface area contributed by atoms with Crippen LogP contribution in [0.15, 0.2) is 12.1 Å². The lowest BCUT2D eigenvalue weighted by atomic mass is 9.97. The molecule has 124 valence electrons. The van der Waals surface area contributed by atoms with Gasteiger partial charge in [-0.25, -0.2) is 0 Å². The van der Waals surface area contributed by atoms with Gasteiger partial charge in [-0.2, -0.15) is 0 Å². The van der Waals surface area contributed by atoms with E-state index in [2.05, 4.69) is 49.8 Å². The van der Waals surface area contributed by atoms with E-state index >= 15 is 0 Å². The lowest BCUT2D eigenvalue weighted by molar-refractivity contribution is 0.117. The molecule has 0 atom stereocenters. The SMILES string of the molecule is Cc1cc(C)c(CN2CCC(N(C)CCCO)CC2)c(C)c1. The highest BCUT2D eigenvalue weighted by Crippen LogP contribution is 2.22. The van der Waals surface area contributed by atoms with Crippen molar-refractivity contribution in [1.29, 1.82) is 0 Å². The second kappa shape index (κ2) is 8.09. The Hall–Kier alpha value is -0.900. The molecule has 0 amide bonds. The molecule has 0 aromatic heterocycles. The predicted molar refractivity (Wildman–Crippen MR) is 93.3 cm³/mol. The predicted octanol–water partition coefficient (Wildman–Crippen LogP) is 2.89. The van der Waals surface area contributed by atoms with Crippen LogP contribution in [0.25, 0.3) is 0 Å². The zero-order valence-electron chi connectivity index (χ0n) is 14.7. The first-order valence-corrected chi connectivity index (χ1v) is 8.61. The van der Waals surface area contributed by atoms with Crippen LogP contribution in [-0.2, 0) is 6.54 Å². The molecule has 0 saturated carbocycles. The summed E-state index contributed by atoms with van der Waals surface area (Å²) >= 11 is 0. The van der Waals surface area contributed by atoms with Crippen LogP contribution in [0.3, 0.4) is 0 Å². The number of hydrogen-bond donors (Lipinski definition) is 1. The second-order valence-corrected chi connectivity index (χ2v) is 6.94. The van der Waals surface area contributed by atoms with Gasteiger partial charge in [0.1, 0.15) is 0 Å². The van der Waals surface area contributed by atoms with Gasteiger partial charge in [-0.05, 0) is 76.9 Å². The maximum absolute atomic E-state index is 8.96. The van der Waals surface area contributed by atoms with E-state index in [9.17, 15) is 0 Å². The smallest absolute Gasteiger partial charge is 0.0443 e. The van der Waals surface area contributed by atoms with E-state index in [-0.39, 0.29) is 0 Å². The third-order valence-electron chi connectivity index (χ3n) is 5.07. The van der Waals surface area contributed by atoms with Crippen LogP contribution in [0, 0.1) is 20.8 Å². The number of aliphatic hydroxyl groups is 1. The van der Waals surface area contributed by atoms with E-state index in [0.717, 1.165) is 19.5 Å². The monoisotopic (exact) mass is 304 g/mol. The number of aryl methyl sites for hydroxylation is 3. The fourth-order valence-electron chi connectivity index (χ4n) is 3.70. The number of rotatable bonds is 6. The maximum atomic E-state index is 8.96. The highest BCUT2D eigenvalue weighted by atomic mass is 16.3. The van der Waals surface area contributed by atoms with Crippen LogP contribution in [0.2, 0.25) is 0 Å². The van der Waals surface area contributed by atoms with Crippen molar-refractivity contribution >= 4 is 0 Å². The summed E-state index contributed by atoms with van der Waals surface area (Å²) in [5, 5.41) is 8.96. The molecule has 1 saturated heterocycles. The summed E-state index contributed by atoms with van der Waals surface area (Å²) < 4.78 is 0. The van der Waals surface area contributed by atoms with Gasteiger partial charge in [0, 0.05) is 25.7 Å². The normalized spacial score (nSPS) is 17.4. The topological polar surface area (TPSA) is 26.7 Å². The molecule has 1 N–H and O–H groups in total. The summed E-state index contributed by atoms with van der Waals surface area (Å²) in [4.78, 5) is 5.02. The minimum Gasteiger partial charge on any atom is -0.396 e. The fraction of sp³-hybridized carbons (Fsp3) is 0.684. The van der Waals surface area contributed by atoms with Gasteiger partial charge in [-0.3, -0.25) is 4.90 Å². The van der Waals surface area contributed by atoms with E-state index in [1.807, 2.05) is 0 Å². The van der Waals surface area contributed by atoms with E-state index in [1.54, 1.807) is 0 Å². The molecule has 0 aliphatic carbocycles. The largest absolute Gasteiger partial charge is 0.396 e. The quantitative estimate of drug-likeness (QED) is 0.875. The minimum absolute atomic E-state index is 0.301. The van der Waals surface area contributed by atoms with Crippen molar-refractivity contribution in [3.63, 3.8) is 0 Å². The molecule has 1 fully saturated rings. The average molecular weight is 304 g/mol. The Balaban J connectivity index is 1.88. The fourth-order valence-corrected chi connectivity index (χ4v) is 3.70. The van der Waals surface area contributed by atoms with Gasteiger partial charge in [0.25, 0.3) is 0 Å². The van der Waals surface area contributed by atoms with Crippen molar-refractivity contribution in [1.82, 2.24) is 9.80 Å². The molecular weight excluding hydrogens is 272 g/mol. The molecule has 1 aliphatic rings. The number of likely N-dealkylation sites (tertiary alicyclic amines) is 1. The van der Waals surface area contributed by atoms with Crippen LogP contribution in [0.1, 0.15) is 41.5 Å². The Kier molecular flexibility index (Phi) is 6.42. The Morgan fingerprint density at radius 1 is 1.14 bits per heavy atom. The van der Waals surface area contributed by atoms with Crippen molar-refractivity contribution in [3.8, 4) is 0 Å². The molecule has 3 heteroatoms. The van der Waals surface area contributed by atoms with Crippen molar-refractivity contribution in [2.24, 2.45) is 0 Å². The first kappa shape index (κ1) is 17.5. The van der Waals surface area contributed by atoms with Gasteiger partial charge in [-0.1, -0.05) is 17.7 Å². The molecular formula is C19H32N2O. The van der Waals surface area contributed by atoms with E-state index in [4.69, 9.17) is 5.11 Å². The van der Waals surface area contributed by atoms with Crippen molar-refractivity contribution in [3.05, 3.63) is 34.4 Å². The van der Waals surface area contributed by atoms with Gasteiger partial charge in [-0.15, -0.1) is 0 Å². The van der Waals surface area contributed by atoms with Crippen molar-refractivity contribution < 1.29 is 5.11 Å². The van der Waals surface area contributed by atoms with Gasteiger partial charge < -0.3 is 10.0 Å². The lowest BCUT2D eigenvalue weighted by Gasteiger charge is -2.37. The molecule has 1 aliphatic heterocycles. The highest BCUT2D eigenvalue weighted by Gasteiger charge is 2.22. The van der Waals surface area contributed by atoms with Crippen LogP contribution < -0.4 is 0 Å². The highest BCUT2D eigenvalue weighted by molar-refractivity contribution is 5.37. The van der Waals surface area contributed by atoms with Crippen molar-refractivity contribution in [2.75, 3.05) is 33.3 Å². The molecule has 0 radical (unpaired) electrons. The summed E-state index contributed by atoms with van der Waals surface area (Å²) in [7, 11) is 2.20. The van der Waals surface area contributed by atoms with Crippen molar-refractivity contribution in [2.45, 2.75) is 52.6 Å². The first-order chi connectivity index (χ1) is 10.5. The average Bonchev–Trinajstić information content (AvgIpc) is 2.49. The van der Waals surface area contributed by atoms with Crippen LogP contribution in [0.4, 0.5) is 0 Å². The van der Waals surface area contributed by atoms with E-state index in [1.165, 1.54) is 48.2 Å². The van der Waals surface area contributed by atoms with Crippen LogP contribution in [0.5, 0.6) is 0 Å². The first-order valence-electron chi connectivity index (χ1n) is 8.61. The number of nitrogens with zero attached hydrogens (tertiary/aromatic N) is 2. The second-order valence-electron chi connectivity index (χ2n) is 6.94. The summed E-state index contributed by atoms with van der Waals surface area (Å²) in [6, 6.07) is 5.29. The molecule has 0 bridgehead atoms. The lowest BCUT2D eigenvalue weighted by Crippen LogP contribution is -2.43. The minimum atomic E-state index is 0.301. The van der Waals surface area contributed by atoms with Gasteiger partial charge in [0.05, 0.1) is 0 Å². The molecule has 2 rings (SSSR count). The zero-order valence-corrected chi connectivity index (χ0v) is 14.7. The number of aliphatic hydroxyl groups excluding tert-OH is 1. The summed E-state index contributed by atoms with van der Waals surface area (Å²) in [6.07, 6.45) is 3.37. The molecule has 3 nitrogen and oxygen atoms in total. The Morgan fingerprint density at radius 2 is 1.73 bits per heavy atom. The third-order valence-corrected chi connectivity index (χ3v) is 5.07. The Morgan fingerprint density at radius 3 is 2.27 bits per heavy atom. The number of benzene rings is 1. The van der Waals surface area contributed by atoms with E-state index < -0.39 is 0 Å². The standard InChI is InChI=1S/C19H32N2O/c1-15-12-16(2)19(17(3)13-15)14-21-9-6-18(7-10-21)20(4)8-5-11-22/h12-13,18,22H,5-11,14H2,1-4H3. The molecule has 1 aromatic rings. The van der Waals surface area contributed by atoms with Crippen LogP contribution >= 0.6 is 0 Å². The summed E-state index contributed by atoms with van der Waals surface area (Å²) in [6.45, 7) is 11.4.